The molecule has 8 nitrogen and oxygen atoms in total. The standard InChI is InChI=1S/C17H27N5O3/c1-5-25-16(24)22-8-6-12(7-9-22)20-15(23)21-13-10-18-14(19-11-13)17(2,3)4/h10-12H,5-9H2,1-4H3,(H2,20,21,23). The van der Waals surface area contributed by atoms with Crippen LogP contribution in [0.3, 0.4) is 0 Å². The third-order valence-corrected chi connectivity index (χ3v) is 3.94. The molecule has 0 aliphatic carbocycles. The highest BCUT2D eigenvalue weighted by molar-refractivity contribution is 5.89. The highest BCUT2D eigenvalue weighted by Gasteiger charge is 2.24. The maximum absolute atomic E-state index is 12.1. The Balaban J connectivity index is 1.78. The minimum absolute atomic E-state index is 0.0282. The van der Waals surface area contributed by atoms with Gasteiger partial charge in [-0.15, -0.1) is 0 Å². The second-order valence-corrected chi connectivity index (χ2v) is 7.10. The van der Waals surface area contributed by atoms with Crippen LogP contribution in [0, 0.1) is 0 Å². The van der Waals surface area contributed by atoms with Gasteiger partial charge in [-0.2, -0.15) is 0 Å². The summed E-state index contributed by atoms with van der Waals surface area (Å²) in [6.07, 6.45) is 4.33. The number of nitrogens with one attached hydrogen (secondary N) is 2. The summed E-state index contributed by atoms with van der Waals surface area (Å²) < 4.78 is 4.98. The second kappa shape index (κ2) is 8.13. The van der Waals surface area contributed by atoms with Crippen molar-refractivity contribution in [3.8, 4) is 0 Å². The van der Waals surface area contributed by atoms with E-state index in [9.17, 15) is 9.59 Å². The predicted molar refractivity (Wildman–Crippen MR) is 94.5 cm³/mol. The molecule has 2 rings (SSSR count). The molecule has 2 N–H and O–H groups in total. The van der Waals surface area contributed by atoms with Crippen molar-refractivity contribution in [3.63, 3.8) is 0 Å². The average molecular weight is 349 g/mol. The van der Waals surface area contributed by atoms with Gasteiger partial charge in [0.25, 0.3) is 0 Å². The summed E-state index contributed by atoms with van der Waals surface area (Å²) in [5.41, 5.74) is 0.419. The summed E-state index contributed by atoms with van der Waals surface area (Å²) in [4.78, 5) is 34.0. The minimum atomic E-state index is -0.290. The number of rotatable bonds is 3. The summed E-state index contributed by atoms with van der Waals surface area (Å²) in [5, 5.41) is 5.66. The fourth-order valence-corrected chi connectivity index (χ4v) is 2.55. The number of ether oxygens (including phenoxy) is 1. The number of likely N-dealkylation sites (tertiary alicyclic amines) is 1. The number of hydrogen-bond acceptors (Lipinski definition) is 5. The van der Waals surface area contributed by atoms with E-state index in [0.717, 1.165) is 5.82 Å². The lowest BCUT2D eigenvalue weighted by atomic mass is 9.96. The number of amides is 3. The molecule has 1 aliphatic rings. The second-order valence-electron chi connectivity index (χ2n) is 7.10. The van der Waals surface area contributed by atoms with Gasteiger partial charge in [-0.3, -0.25) is 0 Å². The molecule has 1 aliphatic heterocycles. The quantitative estimate of drug-likeness (QED) is 0.874. The van der Waals surface area contributed by atoms with E-state index in [2.05, 4.69) is 20.6 Å². The maximum Gasteiger partial charge on any atom is 0.409 e. The van der Waals surface area contributed by atoms with Crippen LogP contribution in [0.2, 0.25) is 0 Å². The first kappa shape index (κ1) is 19.0. The number of carbonyl (C=O) groups excluding carboxylic acids is 2. The molecule has 1 aromatic heterocycles. The van der Waals surface area contributed by atoms with Gasteiger partial charge in [0.05, 0.1) is 24.7 Å². The molecule has 0 radical (unpaired) electrons. The monoisotopic (exact) mass is 349 g/mol. The van der Waals surface area contributed by atoms with E-state index in [4.69, 9.17) is 4.74 Å². The molecule has 0 unspecified atom stereocenters. The van der Waals surface area contributed by atoms with Crippen molar-refractivity contribution in [2.75, 3.05) is 25.0 Å². The molecule has 0 bridgehead atoms. The zero-order chi connectivity index (χ0) is 18.4. The molecule has 1 fully saturated rings. The van der Waals surface area contributed by atoms with E-state index in [1.165, 1.54) is 0 Å². The largest absolute Gasteiger partial charge is 0.450 e. The van der Waals surface area contributed by atoms with Gasteiger partial charge in [0.15, 0.2) is 0 Å². The molecule has 0 aromatic carbocycles. The summed E-state index contributed by atoms with van der Waals surface area (Å²) in [7, 11) is 0. The number of piperidine rings is 1. The lowest BCUT2D eigenvalue weighted by Gasteiger charge is -2.31. The van der Waals surface area contributed by atoms with E-state index in [-0.39, 0.29) is 23.6 Å². The highest BCUT2D eigenvalue weighted by atomic mass is 16.6. The third-order valence-electron chi connectivity index (χ3n) is 3.94. The van der Waals surface area contributed by atoms with E-state index >= 15 is 0 Å². The summed E-state index contributed by atoms with van der Waals surface area (Å²) in [6, 6.07) is -0.262. The van der Waals surface area contributed by atoms with Crippen molar-refractivity contribution in [1.29, 1.82) is 0 Å². The Labute approximate surface area is 148 Å². The molecule has 25 heavy (non-hydrogen) atoms. The fourth-order valence-electron chi connectivity index (χ4n) is 2.55. The third kappa shape index (κ3) is 5.58. The number of hydrogen-bond donors (Lipinski definition) is 2. The summed E-state index contributed by atoms with van der Waals surface area (Å²) in [5.74, 6) is 0.727. The van der Waals surface area contributed by atoms with Crippen LogP contribution >= 0.6 is 0 Å². The molecular formula is C17H27N5O3. The molecule has 2 heterocycles. The first-order chi connectivity index (χ1) is 11.8. The van der Waals surface area contributed by atoms with Crippen molar-refractivity contribution < 1.29 is 14.3 Å². The Morgan fingerprint density at radius 2 is 1.84 bits per heavy atom. The number of anilines is 1. The van der Waals surface area contributed by atoms with E-state index in [1.54, 1.807) is 24.2 Å². The zero-order valence-corrected chi connectivity index (χ0v) is 15.3. The minimum Gasteiger partial charge on any atom is -0.450 e. The summed E-state index contributed by atoms with van der Waals surface area (Å²) >= 11 is 0. The normalized spacial score (nSPS) is 15.6. The van der Waals surface area contributed by atoms with Gasteiger partial charge in [-0.25, -0.2) is 19.6 Å². The van der Waals surface area contributed by atoms with Gasteiger partial charge >= 0.3 is 12.1 Å². The van der Waals surface area contributed by atoms with Crippen LogP contribution < -0.4 is 10.6 Å². The fraction of sp³-hybridized carbons (Fsp3) is 0.647. The van der Waals surface area contributed by atoms with E-state index in [1.807, 2.05) is 20.8 Å². The van der Waals surface area contributed by atoms with Gasteiger partial charge in [0.1, 0.15) is 5.82 Å². The molecule has 8 heteroatoms. The van der Waals surface area contributed by atoms with E-state index < -0.39 is 0 Å². The van der Waals surface area contributed by atoms with E-state index in [0.29, 0.717) is 38.2 Å². The van der Waals surface area contributed by atoms with Crippen LogP contribution in [0.1, 0.15) is 46.4 Å². The van der Waals surface area contributed by atoms with Crippen LogP contribution in [0.15, 0.2) is 12.4 Å². The number of aromatic nitrogens is 2. The van der Waals surface area contributed by atoms with Crippen LogP contribution in [0.4, 0.5) is 15.3 Å². The topological polar surface area (TPSA) is 96.5 Å². The van der Waals surface area contributed by atoms with Crippen molar-refractivity contribution in [2.45, 2.75) is 52.0 Å². The molecule has 1 saturated heterocycles. The molecule has 0 saturated carbocycles. The van der Waals surface area contributed by atoms with Gasteiger partial charge in [0, 0.05) is 24.5 Å². The van der Waals surface area contributed by atoms with Crippen molar-refractivity contribution in [1.82, 2.24) is 20.2 Å². The molecule has 3 amide bonds. The lowest BCUT2D eigenvalue weighted by Crippen LogP contribution is -2.47. The molecule has 138 valence electrons. The van der Waals surface area contributed by atoms with Crippen molar-refractivity contribution >= 4 is 17.8 Å². The van der Waals surface area contributed by atoms with Crippen molar-refractivity contribution in [2.24, 2.45) is 0 Å². The van der Waals surface area contributed by atoms with Gasteiger partial charge in [0.2, 0.25) is 0 Å². The molecular weight excluding hydrogens is 322 g/mol. The van der Waals surface area contributed by atoms with Crippen LogP contribution in [-0.4, -0.2) is 52.7 Å². The lowest BCUT2D eigenvalue weighted by molar-refractivity contribution is 0.0959. The molecule has 0 spiro atoms. The molecule has 0 atom stereocenters. The van der Waals surface area contributed by atoms with Crippen LogP contribution in [0.25, 0.3) is 0 Å². The smallest absolute Gasteiger partial charge is 0.409 e. The first-order valence-corrected chi connectivity index (χ1v) is 8.61. The Hall–Kier alpha value is -2.38. The Morgan fingerprint density at radius 3 is 2.36 bits per heavy atom. The number of urea groups is 1. The summed E-state index contributed by atoms with van der Waals surface area (Å²) in [6.45, 7) is 9.41. The maximum atomic E-state index is 12.1. The highest BCUT2D eigenvalue weighted by Crippen LogP contribution is 2.18. The average Bonchev–Trinajstić information content (AvgIpc) is 2.55. The van der Waals surface area contributed by atoms with Crippen LogP contribution in [-0.2, 0) is 10.2 Å². The Morgan fingerprint density at radius 1 is 1.24 bits per heavy atom. The Kier molecular flexibility index (Phi) is 6.17. The van der Waals surface area contributed by atoms with Gasteiger partial charge in [-0.05, 0) is 19.8 Å². The number of carbonyl (C=O) groups is 2. The zero-order valence-electron chi connectivity index (χ0n) is 15.3. The van der Waals surface area contributed by atoms with Crippen molar-refractivity contribution in [3.05, 3.63) is 18.2 Å². The SMILES string of the molecule is CCOC(=O)N1CCC(NC(=O)Nc2cnc(C(C)(C)C)nc2)CC1. The predicted octanol–water partition coefficient (Wildman–Crippen LogP) is 2.52. The van der Waals surface area contributed by atoms with Gasteiger partial charge in [-0.1, -0.05) is 20.8 Å². The molecule has 1 aromatic rings. The number of nitrogens with zero attached hydrogens (tertiary/aromatic N) is 3. The Bertz CT molecular complexity index is 589. The first-order valence-electron chi connectivity index (χ1n) is 8.61. The van der Waals surface area contributed by atoms with Crippen LogP contribution in [0.5, 0.6) is 0 Å². The van der Waals surface area contributed by atoms with Gasteiger partial charge < -0.3 is 20.3 Å².